The number of benzene rings is 1. The molecule has 3 amide bonds. The molecule has 0 aliphatic rings. The third-order valence-electron chi connectivity index (χ3n) is 2.43. The lowest BCUT2D eigenvalue weighted by Crippen LogP contribution is -2.39. The van der Waals surface area contributed by atoms with Crippen LogP contribution in [0, 0.1) is 6.92 Å². The molecule has 1 rings (SSSR count). The normalized spacial score (nSPS) is 9.75. The van der Waals surface area contributed by atoms with Crippen molar-refractivity contribution in [2.24, 2.45) is 0 Å². The number of carbonyl (C=O) groups is 3. The zero-order valence-corrected chi connectivity index (χ0v) is 12.8. The van der Waals surface area contributed by atoms with Crippen molar-refractivity contribution in [3.63, 3.8) is 0 Å². The topological polar surface area (TPSA) is 87.3 Å². The predicted octanol–water partition coefficient (Wildman–Crippen LogP) is 0.948. The molecule has 20 heavy (non-hydrogen) atoms. The average molecular weight is 342 g/mol. The van der Waals surface area contributed by atoms with Gasteiger partial charge in [-0.3, -0.25) is 14.4 Å². The molecular formula is C13H16BrN3O3. The van der Waals surface area contributed by atoms with E-state index in [1.54, 1.807) is 12.1 Å². The van der Waals surface area contributed by atoms with E-state index in [1.807, 2.05) is 13.0 Å². The first-order valence-corrected chi connectivity index (χ1v) is 6.79. The van der Waals surface area contributed by atoms with Gasteiger partial charge in [0, 0.05) is 30.2 Å². The third kappa shape index (κ3) is 5.40. The molecule has 6 nitrogen and oxygen atoms in total. The van der Waals surface area contributed by atoms with E-state index in [1.165, 1.54) is 6.92 Å². The summed E-state index contributed by atoms with van der Waals surface area (Å²) in [5.41, 5.74) is 1.42. The van der Waals surface area contributed by atoms with E-state index >= 15 is 0 Å². The Kier molecular flexibility index (Phi) is 6.17. The van der Waals surface area contributed by atoms with Crippen molar-refractivity contribution in [2.75, 3.05) is 18.4 Å². The molecule has 0 unspecified atom stereocenters. The van der Waals surface area contributed by atoms with Crippen LogP contribution in [-0.4, -0.2) is 30.8 Å². The summed E-state index contributed by atoms with van der Waals surface area (Å²) in [6, 6.07) is 5.32. The van der Waals surface area contributed by atoms with Crippen molar-refractivity contribution in [3.05, 3.63) is 28.2 Å². The Balaban J connectivity index is 2.45. The van der Waals surface area contributed by atoms with Gasteiger partial charge in [0.2, 0.25) is 5.91 Å². The fourth-order valence-corrected chi connectivity index (χ4v) is 1.92. The Hall–Kier alpha value is -1.89. The first-order chi connectivity index (χ1) is 9.40. The Bertz CT molecular complexity index is 532. The van der Waals surface area contributed by atoms with Gasteiger partial charge in [0.05, 0.1) is 0 Å². The number of aryl methyl sites for hydroxylation is 1. The third-order valence-corrected chi connectivity index (χ3v) is 2.92. The number of hydrogen-bond acceptors (Lipinski definition) is 3. The largest absolute Gasteiger partial charge is 0.355 e. The molecule has 0 saturated heterocycles. The minimum atomic E-state index is -0.738. The van der Waals surface area contributed by atoms with Gasteiger partial charge in [-0.25, -0.2) is 0 Å². The summed E-state index contributed by atoms with van der Waals surface area (Å²) in [7, 11) is 0. The molecule has 0 bridgehead atoms. The van der Waals surface area contributed by atoms with Gasteiger partial charge in [-0.05, 0) is 30.7 Å². The van der Waals surface area contributed by atoms with Crippen molar-refractivity contribution in [1.29, 1.82) is 0 Å². The highest BCUT2D eigenvalue weighted by molar-refractivity contribution is 9.10. The van der Waals surface area contributed by atoms with Gasteiger partial charge in [-0.15, -0.1) is 0 Å². The number of carbonyl (C=O) groups excluding carboxylic acids is 3. The van der Waals surface area contributed by atoms with E-state index < -0.39 is 11.8 Å². The Morgan fingerprint density at radius 3 is 2.35 bits per heavy atom. The molecule has 7 heteroatoms. The van der Waals surface area contributed by atoms with Crippen LogP contribution in [-0.2, 0) is 14.4 Å². The summed E-state index contributed by atoms with van der Waals surface area (Å²) in [5.74, 6) is -1.66. The van der Waals surface area contributed by atoms with Crippen LogP contribution < -0.4 is 16.0 Å². The minimum absolute atomic E-state index is 0.186. The van der Waals surface area contributed by atoms with Gasteiger partial charge in [-0.2, -0.15) is 0 Å². The summed E-state index contributed by atoms with van der Waals surface area (Å²) in [4.78, 5) is 33.8. The van der Waals surface area contributed by atoms with E-state index in [9.17, 15) is 14.4 Å². The number of hydrogen-bond donors (Lipinski definition) is 3. The summed E-state index contributed by atoms with van der Waals surface area (Å²) in [6.45, 7) is 3.69. The molecule has 0 spiro atoms. The highest BCUT2D eigenvalue weighted by Gasteiger charge is 2.13. The molecular weight excluding hydrogens is 326 g/mol. The second-order valence-electron chi connectivity index (χ2n) is 4.15. The van der Waals surface area contributed by atoms with E-state index in [-0.39, 0.29) is 19.0 Å². The van der Waals surface area contributed by atoms with Crippen LogP contribution >= 0.6 is 15.9 Å². The molecule has 1 aromatic carbocycles. The molecule has 108 valence electrons. The van der Waals surface area contributed by atoms with E-state index in [0.717, 1.165) is 10.0 Å². The molecule has 0 aromatic heterocycles. The van der Waals surface area contributed by atoms with Gasteiger partial charge in [0.15, 0.2) is 0 Å². The zero-order valence-electron chi connectivity index (χ0n) is 11.2. The lowest BCUT2D eigenvalue weighted by atomic mass is 10.2. The van der Waals surface area contributed by atoms with Crippen molar-refractivity contribution in [1.82, 2.24) is 10.6 Å². The van der Waals surface area contributed by atoms with Gasteiger partial charge < -0.3 is 16.0 Å². The SMILES string of the molecule is CC(=O)NCCNC(=O)C(=O)Nc1ccc(Br)cc1C. The Morgan fingerprint density at radius 2 is 1.75 bits per heavy atom. The molecule has 0 saturated carbocycles. The first kappa shape index (κ1) is 16.2. The van der Waals surface area contributed by atoms with Crippen LogP contribution in [0.1, 0.15) is 12.5 Å². The number of anilines is 1. The number of halogens is 1. The van der Waals surface area contributed by atoms with Crippen LogP contribution in [0.5, 0.6) is 0 Å². The highest BCUT2D eigenvalue weighted by Crippen LogP contribution is 2.19. The summed E-state index contributed by atoms with van der Waals surface area (Å²) in [5, 5.41) is 7.46. The number of rotatable bonds is 4. The van der Waals surface area contributed by atoms with E-state index in [0.29, 0.717) is 5.69 Å². The first-order valence-electron chi connectivity index (χ1n) is 6.00. The molecule has 3 N–H and O–H groups in total. The van der Waals surface area contributed by atoms with Gasteiger partial charge in [-0.1, -0.05) is 15.9 Å². The molecule has 0 radical (unpaired) electrons. The zero-order chi connectivity index (χ0) is 15.1. The second-order valence-corrected chi connectivity index (χ2v) is 5.07. The minimum Gasteiger partial charge on any atom is -0.355 e. The predicted molar refractivity (Wildman–Crippen MR) is 79.2 cm³/mol. The smallest absolute Gasteiger partial charge is 0.313 e. The highest BCUT2D eigenvalue weighted by atomic mass is 79.9. The van der Waals surface area contributed by atoms with Crippen LogP contribution in [0.2, 0.25) is 0 Å². The van der Waals surface area contributed by atoms with Gasteiger partial charge >= 0.3 is 11.8 Å². The lowest BCUT2D eigenvalue weighted by Gasteiger charge is -2.09. The summed E-state index contributed by atoms with van der Waals surface area (Å²) >= 11 is 3.32. The van der Waals surface area contributed by atoms with Crippen LogP contribution in [0.3, 0.4) is 0 Å². The molecule has 0 heterocycles. The van der Waals surface area contributed by atoms with Crippen molar-refractivity contribution < 1.29 is 14.4 Å². The summed E-state index contributed by atoms with van der Waals surface area (Å²) < 4.78 is 0.896. The number of amides is 3. The molecule has 0 aliphatic carbocycles. The van der Waals surface area contributed by atoms with E-state index in [2.05, 4.69) is 31.9 Å². The maximum absolute atomic E-state index is 11.7. The Labute approximate surface area is 125 Å². The standard InChI is InChI=1S/C13H16BrN3O3/c1-8-7-10(14)3-4-11(8)17-13(20)12(19)16-6-5-15-9(2)18/h3-4,7H,5-6H2,1-2H3,(H,15,18)(H,16,19)(H,17,20). The maximum Gasteiger partial charge on any atom is 0.313 e. The number of nitrogens with one attached hydrogen (secondary N) is 3. The second kappa shape index (κ2) is 7.64. The molecule has 0 fully saturated rings. The van der Waals surface area contributed by atoms with E-state index in [4.69, 9.17) is 0 Å². The monoisotopic (exact) mass is 341 g/mol. The van der Waals surface area contributed by atoms with Gasteiger partial charge in [0.25, 0.3) is 0 Å². The molecule has 0 atom stereocenters. The van der Waals surface area contributed by atoms with Crippen molar-refractivity contribution >= 4 is 39.3 Å². The van der Waals surface area contributed by atoms with Crippen LogP contribution in [0.4, 0.5) is 5.69 Å². The average Bonchev–Trinajstić information content (AvgIpc) is 2.37. The molecule has 1 aromatic rings. The van der Waals surface area contributed by atoms with Crippen molar-refractivity contribution in [3.8, 4) is 0 Å². The van der Waals surface area contributed by atoms with Crippen LogP contribution in [0.25, 0.3) is 0 Å². The van der Waals surface area contributed by atoms with Crippen LogP contribution in [0.15, 0.2) is 22.7 Å². The maximum atomic E-state index is 11.7. The summed E-state index contributed by atoms with van der Waals surface area (Å²) in [6.07, 6.45) is 0. The molecule has 0 aliphatic heterocycles. The fraction of sp³-hybridized carbons (Fsp3) is 0.308. The quantitative estimate of drug-likeness (QED) is 0.562. The van der Waals surface area contributed by atoms with Crippen molar-refractivity contribution in [2.45, 2.75) is 13.8 Å². The Morgan fingerprint density at radius 1 is 1.10 bits per heavy atom. The lowest BCUT2D eigenvalue weighted by molar-refractivity contribution is -0.136. The van der Waals surface area contributed by atoms with Gasteiger partial charge in [0.1, 0.15) is 0 Å². The fourth-order valence-electron chi connectivity index (χ4n) is 1.44.